The molecule has 1 N–H and O–H groups in total. The van der Waals surface area contributed by atoms with Crippen LogP contribution in [0.2, 0.25) is 5.02 Å². The van der Waals surface area contributed by atoms with Crippen LogP contribution in [0, 0.1) is 10.6 Å². The van der Waals surface area contributed by atoms with E-state index in [1.807, 2.05) is 4.57 Å². The van der Waals surface area contributed by atoms with Gasteiger partial charge < -0.3 is 14.5 Å². The van der Waals surface area contributed by atoms with Crippen LogP contribution >= 0.6 is 23.8 Å². The summed E-state index contributed by atoms with van der Waals surface area (Å²) in [5, 5.41) is 0.130. The van der Waals surface area contributed by atoms with Crippen molar-refractivity contribution in [1.82, 2.24) is 14.5 Å². The third-order valence-electron chi connectivity index (χ3n) is 3.66. The van der Waals surface area contributed by atoms with Crippen LogP contribution in [-0.4, -0.2) is 34.1 Å². The molecule has 102 valence electrons. The molecule has 0 radical (unpaired) electrons. The molecule has 6 heteroatoms. The molecular formula is C13H15ClFN3S. The smallest absolute Gasteiger partial charge is 0.178 e. The van der Waals surface area contributed by atoms with Crippen LogP contribution in [0.15, 0.2) is 12.1 Å². The number of H-pyrrole nitrogens is 1. The number of halogens is 2. The zero-order valence-corrected chi connectivity index (χ0v) is 12.2. The summed E-state index contributed by atoms with van der Waals surface area (Å²) in [6, 6.07) is 3.75. The van der Waals surface area contributed by atoms with Crippen LogP contribution in [0.5, 0.6) is 0 Å². The van der Waals surface area contributed by atoms with Crippen molar-refractivity contribution in [3.05, 3.63) is 27.7 Å². The van der Waals surface area contributed by atoms with Crippen molar-refractivity contribution in [2.75, 3.05) is 13.6 Å². The number of likely N-dealkylation sites (N-methyl/N-ethyl adjacent to an activating group) is 1. The Balaban J connectivity index is 1.91. The molecule has 0 unspecified atom stereocenters. The van der Waals surface area contributed by atoms with Crippen LogP contribution in [0.25, 0.3) is 11.0 Å². The van der Waals surface area contributed by atoms with Crippen LogP contribution in [0.1, 0.15) is 12.8 Å². The van der Waals surface area contributed by atoms with Gasteiger partial charge in [0.05, 0.1) is 16.1 Å². The standard InChI is InChI=1S/C13H15ClFN3S/c1-17(8-2-3-8)4-5-18-12-6-9(14)10(15)7-11(12)16-13(18)19/h6-8H,2-5H2,1H3,(H,16,19). The Morgan fingerprint density at radius 2 is 2.26 bits per heavy atom. The molecule has 0 saturated heterocycles. The first-order valence-corrected chi connectivity index (χ1v) is 7.12. The molecule has 1 aromatic heterocycles. The van der Waals surface area contributed by atoms with Gasteiger partial charge in [-0.2, -0.15) is 0 Å². The van der Waals surface area contributed by atoms with E-state index in [1.165, 1.54) is 18.9 Å². The zero-order valence-electron chi connectivity index (χ0n) is 10.6. The minimum Gasteiger partial charge on any atom is -0.330 e. The summed E-state index contributed by atoms with van der Waals surface area (Å²) in [5.74, 6) is -0.423. The number of fused-ring (bicyclic) bond motifs is 1. The number of aromatic nitrogens is 2. The van der Waals surface area contributed by atoms with Crippen molar-refractivity contribution in [2.45, 2.75) is 25.4 Å². The predicted molar refractivity (Wildman–Crippen MR) is 77.7 cm³/mol. The van der Waals surface area contributed by atoms with Gasteiger partial charge in [-0.05, 0) is 38.2 Å². The van der Waals surface area contributed by atoms with Crippen LogP contribution < -0.4 is 0 Å². The van der Waals surface area contributed by atoms with E-state index < -0.39 is 5.82 Å². The van der Waals surface area contributed by atoms with Gasteiger partial charge in [-0.15, -0.1) is 0 Å². The van der Waals surface area contributed by atoms with Crippen LogP contribution in [0.4, 0.5) is 4.39 Å². The van der Waals surface area contributed by atoms with Gasteiger partial charge in [-0.3, -0.25) is 0 Å². The SMILES string of the molecule is CN(CCn1c(=S)[nH]c2cc(F)c(Cl)cc21)C1CC1. The molecule has 1 fully saturated rings. The second kappa shape index (κ2) is 4.89. The van der Waals surface area contributed by atoms with E-state index in [-0.39, 0.29) is 5.02 Å². The molecule has 1 saturated carbocycles. The predicted octanol–water partition coefficient (Wildman–Crippen LogP) is 3.59. The van der Waals surface area contributed by atoms with Gasteiger partial charge in [0.1, 0.15) is 5.82 Å². The molecule has 19 heavy (non-hydrogen) atoms. The molecule has 1 aliphatic carbocycles. The van der Waals surface area contributed by atoms with Crippen molar-refractivity contribution in [1.29, 1.82) is 0 Å². The van der Waals surface area contributed by atoms with Gasteiger partial charge in [0.15, 0.2) is 4.77 Å². The second-order valence-electron chi connectivity index (χ2n) is 5.08. The normalized spacial score (nSPS) is 15.6. The minimum absolute atomic E-state index is 0.130. The molecule has 0 spiro atoms. The molecule has 3 rings (SSSR count). The number of benzene rings is 1. The average molecular weight is 300 g/mol. The van der Waals surface area contributed by atoms with Gasteiger partial charge >= 0.3 is 0 Å². The van der Waals surface area contributed by atoms with E-state index in [0.717, 1.165) is 24.6 Å². The summed E-state index contributed by atoms with van der Waals surface area (Å²) in [4.78, 5) is 5.36. The zero-order chi connectivity index (χ0) is 13.6. The largest absolute Gasteiger partial charge is 0.330 e. The maximum Gasteiger partial charge on any atom is 0.178 e. The van der Waals surface area contributed by atoms with Gasteiger partial charge in [0, 0.05) is 25.2 Å². The summed E-state index contributed by atoms with van der Waals surface area (Å²) in [6.45, 7) is 1.72. The lowest BCUT2D eigenvalue weighted by Gasteiger charge is -2.16. The Hall–Kier alpha value is -0.910. The number of nitrogens with one attached hydrogen (secondary N) is 1. The highest BCUT2D eigenvalue weighted by molar-refractivity contribution is 7.71. The lowest BCUT2D eigenvalue weighted by molar-refractivity contribution is 0.310. The summed E-state index contributed by atoms with van der Waals surface area (Å²) in [7, 11) is 2.13. The maximum atomic E-state index is 13.4. The monoisotopic (exact) mass is 299 g/mol. The fraction of sp³-hybridized carbons (Fsp3) is 0.462. The van der Waals surface area contributed by atoms with E-state index in [2.05, 4.69) is 16.9 Å². The highest BCUT2D eigenvalue weighted by Gasteiger charge is 2.25. The average Bonchev–Trinajstić information content (AvgIpc) is 3.15. The molecule has 3 nitrogen and oxygen atoms in total. The van der Waals surface area contributed by atoms with Crippen LogP contribution in [-0.2, 0) is 6.54 Å². The Kier molecular flexibility index (Phi) is 3.37. The topological polar surface area (TPSA) is 24.0 Å². The minimum atomic E-state index is -0.423. The number of imidazole rings is 1. The summed E-state index contributed by atoms with van der Waals surface area (Å²) in [6.07, 6.45) is 2.57. The number of rotatable bonds is 4. The van der Waals surface area contributed by atoms with Crippen molar-refractivity contribution < 1.29 is 4.39 Å². The Morgan fingerprint density at radius 1 is 1.53 bits per heavy atom. The number of hydrogen-bond acceptors (Lipinski definition) is 2. The fourth-order valence-electron chi connectivity index (χ4n) is 2.33. The maximum absolute atomic E-state index is 13.4. The molecule has 0 amide bonds. The lowest BCUT2D eigenvalue weighted by Crippen LogP contribution is -2.25. The third-order valence-corrected chi connectivity index (χ3v) is 4.27. The van der Waals surface area contributed by atoms with Crippen molar-refractivity contribution >= 4 is 34.9 Å². The van der Waals surface area contributed by atoms with Crippen molar-refractivity contribution in [2.24, 2.45) is 0 Å². The molecule has 0 atom stereocenters. The van der Waals surface area contributed by atoms with E-state index in [0.29, 0.717) is 10.3 Å². The Morgan fingerprint density at radius 3 is 2.95 bits per heavy atom. The van der Waals surface area contributed by atoms with E-state index in [4.69, 9.17) is 23.8 Å². The second-order valence-corrected chi connectivity index (χ2v) is 5.87. The lowest BCUT2D eigenvalue weighted by atomic mass is 10.3. The Labute approximate surface area is 121 Å². The van der Waals surface area contributed by atoms with Gasteiger partial charge in [-0.25, -0.2) is 4.39 Å². The molecule has 1 aliphatic rings. The first kappa shape index (κ1) is 13.1. The molecular weight excluding hydrogens is 285 g/mol. The van der Waals surface area contributed by atoms with Gasteiger partial charge in [0.25, 0.3) is 0 Å². The van der Waals surface area contributed by atoms with Crippen molar-refractivity contribution in [3.8, 4) is 0 Å². The molecule has 0 bridgehead atoms. The highest BCUT2D eigenvalue weighted by Crippen LogP contribution is 2.26. The van der Waals surface area contributed by atoms with E-state index >= 15 is 0 Å². The van der Waals surface area contributed by atoms with Crippen molar-refractivity contribution in [3.63, 3.8) is 0 Å². The highest BCUT2D eigenvalue weighted by atomic mass is 35.5. The number of aromatic amines is 1. The first-order valence-electron chi connectivity index (χ1n) is 6.34. The summed E-state index contributed by atoms with van der Waals surface area (Å²) < 4.78 is 16.0. The fourth-order valence-corrected chi connectivity index (χ4v) is 2.79. The number of nitrogens with zero attached hydrogens (tertiary/aromatic N) is 2. The quantitative estimate of drug-likeness (QED) is 0.873. The van der Waals surface area contributed by atoms with E-state index in [9.17, 15) is 4.39 Å². The summed E-state index contributed by atoms with van der Waals surface area (Å²) in [5.41, 5.74) is 1.56. The molecule has 2 aromatic rings. The Bertz CT molecular complexity index is 674. The van der Waals surface area contributed by atoms with Gasteiger partial charge in [0.2, 0.25) is 0 Å². The van der Waals surface area contributed by atoms with Gasteiger partial charge in [-0.1, -0.05) is 11.6 Å². The number of hydrogen-bond donors (Lipinski definition) is 1. The van der Waals surface area contributed by atoms with Crippen LogP contribution in [0.3, 0.4) is 0 Å². The molecule has 1 heterocycles. The molecule has 1 aromatic carbocycles. The third kappa shape index (κ3) is 2.55. The van der Waals surface area contributed by atoms with E-state index in [1.54, 1.807) is 6.07 Å². The summed E-state index contributed by atoms with van der Waals surface area (Å²) >= 11 is 11.1. The first-order chi connectivity index (χ1) is 9.06. The molecule has 0 aliphatic heterocycles.